The van der Waals surface area contributed by atoms with Crippen LogP contribution in [0.5, 0.6) is 0 Å². The predicted molar refractivity (Wildman–Crippen MR) is 69.5 cm³/mol. The third-order valence-electron chi connectivity index (χ3n) is 3.58. The number of hydrogen-bond acceptors (Lipinski definition) is 3. The van der Waals surface area contributed by atoms with E-state index < -0.39 is 0 Å². The lowest BCUT2D eigenvalue weighted by molar-refractivity contribution is 0.101. The van der Waals surface area contributed by atoms with Crippen LogP contribution in [0, 0.1) is 0 Å². The highest BCUT2D eigenvalue weighted by Crippen LogP contribution is 2.21. The molecule has 0 aromatic heterocycles. The topological polar surface area (TPSA) is 38.3 Å². The summed E-state index contributed by atoms with van der Waals surface area (Å²) in [5.41, 5.74) is 4.20. The standard InChI is InChI=1S/C15H17NO2/c17-15(13-2-1-7-18-10-13)12-4-3-11-5-6-16-9-14(11)8-12/h3-4,8,10,16H,1-2,5-7,9H2. The Hall–Kier alpha value is -1.61. The maximum absolute atomic E-state index is 12.3. The van der Waals surface area contributed by atoms with Crippen LogP contribution in [-0.4, -0.2) is 18.9 Å². The number of Topliss-reactive ketones (excluding diaryl/α,β-unsaturated/α-hetero) is 1. The van der Waals surface area contributed by atoms with Gasteiger partial charge in [-0.15, -0.1) is 0 Å². The van der Waals surface area contributed by atoms with Crippen LogP contribution in [-0.2, 0) is 17.7 Å². The van der Waals surface area contributed by atoms with Crippen LogP contribution in [0.15, 0.2) is 30.0 Å². The summed E-state index contributed by atoms with van der Waals surface area (Å²) in [6.45, 7) is 2.62. The number of benzene rings is 1. The number of allylic oxidation sites excluding steroid dienone is 1. The zero-order valence-electron chi connectivity index (χ0n) is 10.4. The molecule has 0 fully saturated rings. The first-order valence-corrected chi connectivity index (χ1v) is 6.52. The number of rotatable bonds is 2. The Morgan fingerprint density at radius 3 is 3.00 bits per heavy atom. The van der Waals surface area contributed by atoms with Crippen LogP contribution < -0.4 is 5.32 Å². The Balaban J connectivity index is 1.87. The maximum atomic E-state index is 12.3. The van der Waals surface area contributed by atoms with E-state index in [0.717, 1.165) is 50.1 Å². The minimum atomic E-state index is 0.114. The molecule has 3 rings (SSSR count). The van der Waals surface area contributed by atoms with Crippen LogP contribution in [0.4, 0.5) is 0 Å². The molecule has 0 amide bonds. The van der Waals surface area contributed by atoms with Crippen LogP contribution in [0.1, 0.15) is 34.3 Å². The number of hydrogen-bond donors (Lipinski definition) is 1. The highest BCUT2D eigenvalue weighted by Gasteiger charge is 2.17. The van der Waals surface area contributed by atoms with Gasteiger partial charge in [-0.1, -0.05) is 12.1 Å². The summed E-state index contributed by atoms with van der Waals surface area (Å²) in [4.78, 5) is 12.3. The number of nitrogens with one attached hydrogen (secondary N) is 1. The Morgan fingerprint density at radius 1 is 1.22 bits per heavy atom. The summed E-state index contributed by atoms with van der Waals surface area (Å²) >= 11 is 0. The SMILES string of the molecule is O=C(C1=COCCC1)c1ccc2c(c1)CNCC2. The molecule has 2 heterocycles. The molecule has 0 saturated heterocycles. The molecule has 0 spiro atoms. The number of fused-ring (bicyclic) bond motifs is 1. The molecule has 2 aliphatic heterocycles. The summed E-state index contributed by atoms with van der Waals surface area (Å²) in [5, 5.41) is 3.34. The lowest BCUT2D eigenvalue weighted by Crippen LogP contribution is -2.24. The molecule has 0 bridgehead atoms. The van der Waals surface area contributed by atoms with Gasteiger partial charge in [-0.05, 0) is 43.0 Å². The summed E-state index contributed by atoms with van der Waals surface area (Å²) in [6.07, 6.45) is 4.44. The Labute approximate surface area is 107 Å². The quantitative estimate of drug-likeness (QED) is 0.809. The summed E-state index contributed by atoms with van der Waals surface area (Å²) in [7, 11) is 0. The third-order valence-corrected chi connectivity index (χ3v) is 3.58. The van der Waals surface area contributed by atoms with Crippen LogP contribution >= 0.6 is 0 Å². The number of ketones is 1. The van der Waals surface area contributed by atoms with Crippen LogP contribution in [0.3, 0.4) is 0 Å². The minimum Gasteiger partial charge on any atom is -0.501 e. The molecule has 0 radical (unpaired) electrons. The summed E-state index contributed by atoms with van der Waals surface area (Å²) in [5.74, 6) is 0.114. The van der Waals surface area contributed by atoms with Crippen LogP contribution in [0.2, 0.25) is 0 Å². The van der Waals surface area contributed by atoms with Crippen LogP contribution in [0.25, 0.3) is 0 Å². The van der Waals surface area contributed by atoms with Crippen molar-refractivity contribution >= 4 is 5.78 Å². The van der Waals surface area contributed by atoms with Gasteiger partial charge < -0.3 is 10.1 Å². The van der Waals surface area contributed by atoms with Crippen molar-refractivity contribution in [2.75, 3.05) is 13.2 Å². The molecule has 1 N–H and O–H groups in total. The molecule has 0 atom stereocenters. The highest BCUT2D eigenvalue weighted by molar-refractivity contribution is 6.08. The van der Waals surface area contributed by atoms with Gasteiger partial charge in [-0.25, -0.2) is 0 Å². The van der Waals surface area contributed by atoms with E-state index in [1.807, 2.05) is 12.1 Å². The zero-order valence-corrected chi connectivity index (χ0v) is 10.4. The second-order valence-electron chi connectivity index (χ2n) is 4.86. The molecule has 0 unspecified atom stereocenters. The van der Waals surface area contributed by atoms with Gasteiger partial charge in [0.1, 0.15) is 0 Å². The van der Waals surface area contributed by atoms with E-state index in [-0.39, 0.29) is 5.78 Å². The first kappa shape index (κ1) is 11.5. The smallest absolute Gasteiger partial charge is 0.192 e. The van der Waals surface area contributed by atoms with Gasteiger partial charge in [-0.2, -0.15) is 0 Å². The molecule has 3 heteroatoms. The number of ether oxygens (including phenoxy) is 1. The van der Waals surface area contributed by atoms with E-state index in [2.05, 4.69) is 11.4 Å². The minimum absolute atomic E-state index is 0.114. The number of carbonyl (C=O) groups excluding carboxylic acids is 1. The Kier molecular flexibility index (Phi) is 3.15. The largest absolute Gasteiger partial charge is 0.501 e. The third kappa shape index (κ3) is 2.18. The van der Waals surface area contributed by atoms with Crippen molar-refractivity contribution in [2.24, 2.45) is 0 Å². The van der Waals surface area contributed by atoms with Gasteiger partial charge in [0.2, 0.25) is 0 Å². The van der Waals surface area contributed by atoms with Gasteiger partial charge in [-0.3, -0.25) is 4.79 Å². The molecule has 1 aromatic rings. The van der Waals surface area contributed by atoms with Crippen molar-refractivity contribution in [3.63, 3.8) is 0 Å². The van der Waals surface area contributed by atoms with Gasteiger partial charge in [0.05, 0.1) is 12.9 Å². The zero-order chi connectivity index (χ0) is 12.4. The fraction of sp³-hybridized carbons (Fsp3) is 0.400. The molecule has 1 aromatic carbocycles. The molecular formula is C15H17NO2. The van der Waals surface area contributed by atoms with E-state index >= 15 is 0 Å². The average molecular weight is 243 g/mol. The molecule has 94 valence electrons. The van der Waals surface area contributed by atoms with Crippen molar-refractivity contribution in [3.8, 4) is 0 Å². The normalized spacial score (nSPS) is 18.6. The van der Waals surface area contributed by atoms with Gasteiger partial charge in [0.25, 0.3) is 0 Å². The molecular weight excluding hydrogens is 226 g/mol. The van der Waals surface area contributed by atoms with Crippen molar-refractivity contribution in [3.05, 3.63) is 46.7 Å². The first-order chi connectivity index (χ1) is 8.84. The maximum Gasteiger partial charge on any atom is 0.192 e. The Bertz CT molecular complexity index is 505. The Morgan fingerprint density at radius 2 is 2.17 bits per heavy atom. The van der Waals surface area contributed by atoms with E-state index in [4.69, 9.17) is 4.74 Å². The average Bonchev–Trinajstić information content (AvgIpc) is 2.47. The number of carbonyl (C=O) groups is 1. The molecule has 2 aliphatic rings. The molecule has 3 nitrogen and oxygen atoms in total. The van der Waals surface area contributed by atoms with E-state index in [1.165, 1.54) is 11.1 Å². The van der Waals surface area contributed by atoms with Crippen molar-refractivity contribution in [1.82, 2.24) is 5.32 Å². The van der Waals surface area contributed by atoms with Gasteiger partial charge in [0.15, 0.2) is 5.78 Å². The van der Waals surface area contributed by atoms with Crippen molar-refractivity contribution in [2.45, 2.75) is 25.8 Å². The van der Waals surface area contributed by atoms with Crippen molar-refractivity contribution in [1.29, 1.82) is 0 Å². The lowest BCUT2D eigenvalue weighted by Gasteiger charge is -2.18. The predicted octanol–water partition coefficient (Wildman–Crippen LogP) is 2.21. The fourth-order valence-electron chi connectivity index (χ4n) is 2.54. The van der Waals surface area contributed by atoms with Crippen molar-refractivity contribution < 1.29 is 9.53 Å². The molecule has 18 heavy (non-hydrogen) atoms. The van der Waals surface area contributed by atoms with E-state index in [0.29, 0.717) is 0 Å². The summed E-state index contributed by atoms with van der Waals surface area (Å²) < 4.78 is 5.24. The van der Waals surface area contributed by atoms with E-state index in [9.17, 15) is 4.79 Å². The highest BCUT2D eigenvalue weighted by atomic mass is 16.5. The second-order valence-corrected chi connectivity index (χ2v) is 4.86. The van der Waals surface area contributed by atoms with E-state index in [1.54, 1.807) is 6.26 Å². The monoisotopic (exact) mass is 243 g/mol. The lowest BCUT2D eigenvalue weighted by atomic mass is 9.94. The fourth-order valence-corrected chi connectivity index (χ4v) is 2.54. The van der Waals surface area contributed by atoms with Gasteiger partial charge in [0, 0.05) is 17.7 Å². The second kappa shape index (κ2) is 4.94. The summed E-state index contributed by atoms with van der Waals surface area (Å²) in [6, 6.07) is 6.06. The molecule has 0 saturated carbocycles. The van der Waals surface area contributed by atoms with Gasteiger partial charge >= 0.3 is 0 Å². The first-order valence-electron chi connectivity index (χ1n) is 6.52. The molecule has 0 aliphatic carbocycles.